The van der Waals surface area contributed by atoms with E-state index < -0.39 is 0 Å². The predicted molar refractivity (Wildman–Crippen MR) is 89.1 cm³/mol. The molecule has 2 heterocycles. The fraction of sp³-hybridized carbons (Fsp3) is 0.0625. The van der Waals surface area contributed by atoms with Crippen molar-refractivity contribution in [3.05, 3.63) is 75.7 Å². The van der Waals surface area contributed by atoms with Crippen LogP contribution in [0.15, 0.2) is 54.0 Å². The summed E-state index contributed by atoms with van der Waals surface area (Å²) in [7, 11) is 0. The number of aromatic nitrogens is 2. The average Bonchev–Trinajstić information content (AvgIpc) is 3.04. The second-order valence-corrected chi connectivity index (χ2v) is 6.04. The minimum absolute atomic E-state index is 0.146. The highest BCUT2D eigenvalue weighted by molar-refractivity contribution is 7.13. The van der Waals surface area contributed by atoms with Gasteiger partial charge in [0.2, 0.25) is 5.69 Å². The molecule has 7 heteroatoms. The molecule has 0 aliphatic rings. The normalized spacial score (nSPS) is 10.5. The SMILES string of the molecule is O=C(NCc1cccc[n+]1[O-])c1csc(-c2cccc(Cl)c2)n1. The lowest BCUT2D eigenvalue weighted by Crippen LogP contribution is -2.35. The molecule has 3 aromatic rings. The van der Waals surface area contributed by atoms with E-state index >= 15 is 0 Å². The molecule has 0 saturated carbocycles. The van der Waals surface area contributed by atoms with E-state index in [-0.39, 0.29) is 12.5 Å². The summed E-state index contributed by atoms with van der Waals surface area (Å²) < 4.78 is 0.721. The van der Waals surface area contributed by atoms with Crippen molar-refractivity contribution in [3.8, 4) is 10.6 Å². The second-order valence-electron chi connectivity index (χ2n) is 4.75. The Hall–Kier alpha value is -2.44. The van der Waals surface area contributed by atoms with Gasteiger partial charge in [-0.05, 0) is 18.2 Å². The van der Waals surface area contributed by atoms with Crippen LogP contribution in [0.25, 0.3) is 10.6 Å². The first kappa shape index (κ1) is 15.5. The van der Waals surface area contributed by atoms with E-state index in [1.54, 1.807) is 35.7 Å². The first-order valence-corrected chi connectivity index (χ1v) is 8.06. The van der Waals surface area contributed by atoms with Gasteiger partial charge in [0.25, 0.3) is 5.91 Å². The van der Waals surface area contributed by atoms with Gasteiger partial charge in [-0.25, -0.2) is 4.98 Å². The quantitative estimate of drug-likeness (QED) is 0.583. The highest BCUT2D eigenvalue weighted by Crippen LogP contribution is 2.25. The predicted octanol–water partition coefficient (Wildman–Crippen LogP) is 3.03. The lowest BCUT2D eigenvalue weighted by Gasteiger charge is -2.04. The van der Waals surface area contributed by atoms with E-state index in [4.69, 9.17) is 11.6 Å². The molecule has 0 spiro atoms. The number of carbonyl (C=O) groups excluding carboxylic acids is 1. The highest BCUT2D eigenvalue weighted by atomic mass is 35.5. The third-order valence-corrected chi connectivity index (χ3v) is 4.27. The number of nitrogens with zero attached hydrogens (tertiary/aromatic N) is 2. The second kappa shape index (κ2) is 6.76. The summed E-state index contributed by atoms with van der Waals surface area (Å²) in [5.41, 5.74) is 1.64. The number of rotatable bonds is 4. The van der Waals surface area contributed by atoms with Crippen molar-refractivity contribution in [1.82, 2.24) is 10.3 Å². The Labute approximate surface area is 141 Å². The molecule has 0 atom stereocenters. The van der Waals surface area contributed by atoms with E-state index in [1.165, 1.54) is 17.5 Å². The molecule has 0 bridgehead atoms. The molecule has 0 fully saturated rings. The fourth-order valence-corrected chi connectivity index (χ4v) is 2.98. The van der Waals surface area contributed by atoms with E-state index in [9.17, 15) is 10.0 Å². The maximum Gasteiger partial charge on any atom is 0.271 e. The van der Waals surface area contributed by atoms with Crippen LogP contribution in [-0.2, 0) is 6.54 Å². The van der Waals surface area contributed by atoms with Crippen molar-refractivity contribution in [3.63, 3.8) is 0 Å². The van der Waals surface area contributed by atoms with Crippen LogP contribution in [-0.4, -0.2) is 10.9 Å². The molecule has 1 aromatic carbocycles. The number of halogens is 1. The summed E-state index contributed by atoms with van der Waals surface area (Å²) in [6.45, 7) is 0.146. The summed E-state index contributed by atoms with van der Waals surface area (Å²) in [5, 5.41) is 17.2. The first-order valence-electron chi connectivity index (χ1n) is 6.80. The molecule has 0 aliphatic heterocycles. The molecule has 23 heavy (non-hydrogen) atoms. The van der Waals surface area contributed by atoms with Gasteiger partial charge in [-0.2, -0.15) is 4.73 Å². The molecular weight excluding hydrogens is 334 g/mol. The van der Waals surface area contributed by atoms with Crippen molar-refractivity contribution >= 4 is 28.8 Å². The molecule has 0 saturated heterocycles. The van der Waals surface area contributed by atoms with Gasteiger partial charge in [0, 0.05) is 28.1 Å². The standard InChI is InChI=1S/C16H12ClN3O2S/c17-12-5-3-4-11(8-12)16-19-14(10-23-16)15(21)18-9-13-6-1-2-7-20(13)22/h1-8,10H,9H2,(H,18,21). The van der Waals surface area contributed by atoms with Crippen LogP contribution in [0.1, 0.15) is 16.2 Å². The van der Waals surface area contributed by atoms with Gasteiger partial charge < -0.3 is 10.5 Å². The molecule has 0 radical (unpaired) electrons. The Morgan fingerprint density at radius 1 is 1.30 bits per heavy atom. The summed E-state index contributed by atoms with van der Waals surface area (Å²) in [6, 6.07) is 12.3. The molecule has 2 aromatic heterocycles. The van der Waals surface area contributed by atoms with E-state index in [0.29, 0.717) is 16.4 Å². The molecular formula is C16H12ClN3O2S. The van der Waals surface area contributed by atoms with Gasteiger partial charge in [0.05, 0.1) is 0 Å². The van der Waals surface area contributed by atoms with Crippen LogP contribution in [0.5, 0.6) is 0 Å². The zero-order valence-corrected chi connectivity index (χ0v) is 13.5. The maximum atomic E-state index is 12.1. The van der Waals surface area contributed by atoms with Crippen LogP contribution in [0.3, 0.4) is 0 Å². The molecule has 3 rings (SSSR count). The van der Waals surface area contributed by atoms with Gasteiger partial charge in [-0.15, -0.1) is 11.3 Å². The number of benzene rings is 1. The first-order chi connectivity index (χ1) is 11.1. The van der Waals surface area contributed by atoms with Crippen LogP contribution in [0.2, 0.25) is 5.02 Å². The monoisotopic (exact) mass is 345 g/mol. The molecule has 0 aliphatic carbocycles. The van der Waals surface area contributed by atoms with Crippen molar-refractivity contribution in [2.45, 2.75) is 6.54 Å². The average molecular weight is 346 g/mol. The third-order valence-electron chi connectivity index (χ3n) is 3.14. The Balaban J connectivity index is 1.70. The van der Waals surface area contributed by atoms with Crippen molar-refractivity contribution < 1.29 is 9.52 Å². The van der Waals surface area contributed by atoms with Crippen LogP contribution < -0.4 is 10.0 Å². The Kier molecular flexibility index (Phi) is 4.55. The lowest BCUT2D eigenvalue weighted by atomic mass is 10.2. The van der Waals surface area contributed by atoms with Gasteiger partial charge in [-0.3, -0.25) is 4.79 Å². The van der Waals surface area contributed by atoms with Crippen LogP contribution in [0, 0.1) is 5.21 Å². The maximum absolute atomic E-state index is 12.1. The Morgan fingerprint density at radius 3 is 2.96 bits per heavy atom. The Morgan fingerprint density at radius 2 is 2.17 bits per heavy atom. The number of pyridine rings is 1. The molecule has 5 nitrogen and oxygen atoms in total. The molecule has 116 valence electrons. The van der Waals surface area contributed by atoms with Crippen molar-refractivity contribution in [2.24, 2.45) is 0 Å². The van der Waals surface area contributed by atoms with Crippen molar-refractivity contribution in [2.75, 3.05) is 0 Å². The van der Waals surface area contributed by atoms with E-state index in [1.807, 2.05) is 12.1 Å². The van der Waals surface area contributed by atoms with Crippen LogP contribution in [0.4, 0.5) is 0 Å². The number of nitrogens with one attached hydrogen (secondary N) is 1. The smallest absolute Gasteiger partial charge is 0.271 e. The topological polar surface area (TPSA) is 68.9 Å². The minimum Gasteiger partial charge on any atom is -0.618 e. The molecule has 0 unspecified atom stereocenters. The summed E-state index contributed by atoms with van der Waals surface area (Å²) >= 11 is 7.33. The minimum atomic E-state index is -0.321. The van der Waals surface area contributed by atoms with Gasteiger partial charge in [-0.1, -0.05) is 23.7 Å². The fourth-order valence-electron chi connectivity index (χ4n) is 1.99. The number of thiazole rings is 1. The highest BCUT2D eigenvalue weighted by Gasteiger charge is 2.13. The summed E-state index contributed by atoms with van der Waals surface area (Å²) in [4.78, 5) is 16.5. The summed E-state index contributed by atoms with van der Waals surface area (Å²) in [5.74, 6) is -0.321. The van der Waals surface area contributed by atoms with Gasteiger partial charge >= 0.3 is 0 Å². The largest absolute Gasteiger partial charge is 0.618 e. The van der Waals surface area contributed by atoms with Gasteiger partial charge in [0.1, 0.15) is 17.2 Å². The zero-order chi connectivity index (χ0) is 16.2. The summed E-state index contributed by atoms with van der Waals surface area (Å²) in [6.07, 6.45) is 1.39. The van der Waals surface area contributed by atoms with Crippen molar-refractivity contribution in [1.29, 1.82) is 0 Å². The number of amides is 1. The van der Waals surface area contributed by atoms with Gasteiger partial charge in [0.15, 0.2) is 6.20 Å². The van der Waals surface area contributed by atoms with E-state index in [0.717, 1.165) is 15.3 Å². The lowest BCUT2D eigenvalue weighted by molar-refractivity contribution is -0.614. The number of hydrogen-bond donors (Lipinski definition) is 1. The van der Waals surface area contributed by atoms with Crippen LogP contribution >= 0.6 is 22.9 Å². The molecule has 1 N–H and O–H groups in total. The Bertz CT molecular complexity index is 851. The zero-order valence-electron chi connectivity index (χ0n) is 11.9. The number of hydrogen-bond acceptors (Lipinski definition) is 4. The van der Waals surface area contributed by atoms with E-state index in [2.05, 4.69) is 10.3 Å². The molecule has 1 amide bonds. The number of carbonyl (C=O) groups is 1. The third kappa shape index (κ3) is 3.67.